The summed E-state index contributed by atoms with van der Waals surface area (Å²) >= 11 is 7.48. The molecule has 0 fully saturated rings. The second-order valence-corrected chi connectivity index (χ2v) is 7.97. The van der Waals surface area contributed by atoms with Gasteiger partial charge < -0.3 is 10.3 Å². The summed E-state index contributed by atoms with van der Waals surface area (Å²) < 4.78 is 0. The lowest BCUT2D eigenvalue weighted by molar-refractivity contribution is -0.119. The lowest BCUT2D eigenvalue weighted by Gasteiger charge is -2.20. The third-order valence-corrected chi connectivity index (χ3v) is 5.36. The standard InChI is InChI=1S/C20H22ClN3OS/c1-13(2)19(20-22-16-5-3-4-6-17(16)23-20)24-18(25)12-26-11-14-7-9-15(21)10-8-14/h3-10,13,19H,11-12H2,1-2H3,(H,22,23)(H,24,25). The minimum atomic E-state index is -0.133. The van der Waals surface area contributed by atoms with Crippen LogP contribution in [0, 0.1) is 5.92 Å². The van der Waals surface area contributed by atoms with Crippen LogP contribution in [0.1, 0.15) is 31.3 Å². The maximum Gasteiger partial charge on any atom is 0.230 e. The second-order valence-electron chi connectivity index (χ2n) is 6.55. The number of nitrogens with one attached hydrogen (secondary N) is 2. The van der Waals surface area contributed by atoms with Crippen LogP contribution in [-0.4, -0.2) is 21.6 Å². The molecule has 4 nitrogen and oxygen atoms in total. The van der Waals surface area contributed by atoms with Gasteiger partial charge in [0.1, 0.15) is 5.82 Å². The Hall–Kier alpha value is -1.98. The predicted molar refractivity (Wildman–Crippen MR) is 109 cm³/mol. The number of imidazole rings is 1. The first-order chi connectivity index (χ1) is 12.5. The van der Waals surface area contributed by atoms with Crippen LogP contribution in [0.3, 0.4) is 0 Å². The highest BCUT2D eigenvalue weighted by Crippen LogP contribution is 2.22. The van der Waals surface area contributed by atoms with Crippen LogP contribution < -0.4 is 5.32 Å². The first-order valence-corrected chi connectivity index (χ1v) is 10.1. The van der Waals surface area contributed by atoms with Crippen molar-refractivity contribution in [1.29, 1.82) is 0 Å². The molecular formula is C20H22ClN3OS. The monoisotopic (exact) mass is 387 g/mol. The van der Waals surface area contributed by atoms with Crippen molar-refractivity contribution in [3.63, 3.8) is 0 Å². The third-order valence-electron chi connectivity index (χ3n) is 4.10. The first kappa shape index (κ1) is 18.8. The van der Waals surface area contributed by atoms with Gasteiger partial charge in [0.25, 0.3) is 0 Å². The maximum atomic E-state index is 12.4. The summed E-state index contributed by atoms with van der Waals surface area (Å²) in [5.74, 6) is 2.24. The van der Waals surface area contributed by atoms with Crippen molar-refractivity contribution in [2.45, 2.75) is 25.6 Å². The zero-order chi connectivity index (χ0) is 18.5. The Bertz CT molecular complexity index is 843. The minimum Gasteiger partial charge on any atom is -0.345 e. The van der Waals surface area contributed by atoms with Gasteiger partial charge in [0.2, 0.25) is 5.91 Å². The quantitative estimate of drug-likeness (QED) is 0.602. The molecule has 3 rings (SSSR count). The first-order valence-electron chi connectivity index (χ1n) is 8.59. The molecule has 6 heteroatoms. The number of benzene rings is 2. The number of fused-ring (bicyclic) bond motifs is 1. The van der Waals surface area contributed by atoms with Gasteiger partial charge in [-0.15, -0.1) is 11.8 Å². The average molecular weight is 388 g/mol. The van der Waals surface area contributed by atoms with Crippen LogP contribution in [0.4, 0.5) is 0 Å². The Morgan fingerprint density at radius 1 is 1.19 bits per heavy atom. The van der Waals surface area contributed by atoms with Gasteiger partial charge in [-0.25, -0.2) is 4.98 Å². The van der Waals surface area contributed by atoms with E-state index in [4.69, 9.17) is 11.6 Å². The number of halogens is 1. The number of para-hydroxylation sites is 2. The summed E-state index contributed by atoms with van der Waals surface area (Å²) in [6.45, 7) is 4.16. The van der Waals surface area contributed by atoms with Crippen LogP contribution in [0.15, 0.2) is 48.5 Å². The zero-order valence-electron chi connectivity index (χ0n) is 14.8. The van der Waals surface area contributed by atoms with E-state index in [0.717, 1.165) is 33.2 Å². The van der Waals surface area contributed by atoms with E-state index in [-0.39, 0.29) is 17.9 Å². The summed E-state index contributed by atoms with van der Waals surface area (Å²) in [6, 6.07) is 15.5. The van der Waals surface area contributed by atoms with Gasteiger partial charge in [-0.2, -0.15) is 0 Å². The molecule has 3 aromatic rings. The summed E-state index contributed by atoms with van der Waals surface area (Å²) in [5.41, 5.74) is 3.06. The number of nitrogens with zero attached hydrogens (tertiary/aromatic N) is 1. The molecule has 2 aromatic carbocycles. The fourth-order valence-electron chi connectivity index (χ4n) is 2.73. The molecule has 0 spiro atoms. The third kappa shape index (κ3) is 4.80. The van der Waals surface area contributed by atoms with Gasteiger partial charge in [-0.1, -0.05) is 49.7 Å². The molecule has 0 bridgehead atoms. The number of carbonyl (C=O) groups is 1. The second kappa shape index (κ2) is 8.60. The molecule has 1 aromatic heterocycles. The summed E-state index contributed by atoms with van der Waals surface area (Å²) in [6.07, 6.45) is 0. The largest absolute Gasteiger partial charge is 0.345 e. The van der Waals surface area contributed by atoms with Crippen molar-refractivity contribution in [2.24, 2.45) is 5.92 Å². The van der Waals surface area contributed by atoms with Crippen molar-refractivity contribution in [3.8, 4) is 0 Å². The molecule has 0 saturated carbocycles. The number of hydrogen-bond acceptors (Lipinski definition) is 3. The number of thioether (sulfide) groups is 1. The van der Waals surface area contributed by atoms with Gasteiger partial charge in [-0.05, 0) is 35.7 Å². The molecule has 2 N–H and O–H groups in total. The number of hydrogen-bond donors (Lipinski definition) is 2. The highest BCUT2D eigenvalue weighted by molar-refractivity contribution is 7.99. The van der Waals surface area contributed by atoms with Crippen molar-refractivity contribution < 1.29 is 4.79 Å². The summed E-state index contributed by atoms with van der Waals surface area (Å²) in [5, 5.41) is 3.84. The highest BCUT2D eigenvalue weighted by Gasteiger charge is 2.21. The lowest BCUT2D eigenvalue weighted by Crippen LogP contribution is -2.33. The van der Waals surface area contributed by atoms with Crippen LogP contribution in [-0.2, 0) is 10.5 Å². The molecule has 0 radical (unpaired) electrons. The summed E-state index contributed by atoms with van der Waals surface area (Å²) in [4.78, 5) is 20.4. The number of aromatic amines is 1. The number of carbonyl (C=O) groups excluding carboxylic acids is 1. The minimum absolute atomic E-state index is 0.0168. The van der Waals surface area contributed by atoms with Gasteiger partial charge >= 0.3 is 0 Å². The molecule has 1 amide bonds. The Balaban J connectivity index is 1.58. The van der Waals surface area contributed by atoms with E-state index in [1.54, 1.807) is 11.8 Å². The molecule has 0 aliphatic heterocycles. The van der Waals surface area contributed by atoms with E-state index >= 15 is 0 Å². The zero-order valence-corrected chi connectivity index (χ0v) is 16.4. The van der Waals surface area contributed by atoms with Crippen LogP contribution >= 0.6 is 23.4 Å². The predicted octanol–water partition coefficient (Wildman–Crippen LogP) is 4.96. The Labute approximate surface area is 162 Å². The molecule has 0 saturated heterocycles. The maximum absolute atomic E-state index is 12.4. The van der Waals surface area contributed by atoms with Crippen LogP contribution in [0.2, 0.25) is 5.02 Å². The number of H-pyrrole nitrogens is 1. The van der Waals surface area contributed by atoms with Crippen LogP contribution in [0.25, 0.3) is 11.0 Å². The lowest BCUT2D eigenvalue weighted by atomic mass is 10.0. The molecule has 136 valence electrons. The van der Waals surface area contributed by atoms with Gasteiger partial charge in [0, 0.05) is 10.8 Å². The Morgan fingerprint density at radius 2 is 1.92 bits per heavy atom. The van der Waals surface area contributed by atoms with Crippen molar-refractivity contribution in [3.05, 3.63) is 64.9 Å². The fourth-order valence-corrected chi connectivity index (χ4v) is 3.65. The Morgan fingerprint density at radius 3 is 2.62 bits per heavy atom. The fraction of sp³-hybridized carbons (Fsp3) is 0.300. The molecule has 1 unspecified atom stereocenters. The van der Waals surface area contributed by atoms with Crippen molar-refractivity contribution in [1.82, 2.24) is 15.3 Å². The Kier molecular flexibility index (Phi) is 6.22. The van der Waals surface area contributed by atoms with E-state index in [9.17, 15) is 4.79 Å². The topological polar surface area (TPSA) is 57.8 Å². The van der Waals surface area contributed by atoms with E-state index < -0.39 is 0 Å². The molecule has 1 heterocycles. The average Bonchev–Trinajstić information content (AvgIpc) is 3.05. The molecule has 0 aliphatic rings. The smallest absolute Gasteiger partial charge is 0.230 e. The van der Waals surface area contributed by atoms with E-state index in [0.29, 0.717) is 5.75 Å². The van der Waals surface area contributed by atoms with Gasteiger partial charge in [0.15, 0.2) is 0 Å². The summed E-state index contributed by atoms with van der Waals surface area (Å²) in [7, 11) is 0. The molecule has 26 heavy (non-hydrogen) atoms. The van der Waals surface area contributed by atoms with E-state index in [1.807, 2.05) is 48.5 Å². The van der Waals surface area contributed by atoms with Crippen molar-refractivity contribution in [2.75, 3.05) is 5.75 Å². The SMILES string of the molecule is CC(C)C(NC(=O)CSCc1ccc(Cl)cc1)c1nc2ccccc2[nH]1. The number of amides is 1. The molecular weight excluding hydrogens is 366 g/mol. The number of aromatic nitrogens is 2. The van der Waals surface area contributed by atoms with Gasteiger partial charge in [0.05, 0.1) is 22.8 Å². The van der Waals surface area contributed by atoms with E-state index in [2.05, 4.69) is 29.1 Å². The van der Waals surface area contributed by atoms with Crippen molar-refractivity contribution >= 4 is 40.3 Å². The number of rotatable bonds is 7. The normalized spacial score (nSPS) is 12.5. The highest BCUT2D eigenvalue weighted by atomic mass is 35.5. The molecule has 1 atom stereocenters. The molecule has 0 aliphatic carbocycles. The van der Waals surface area contributed by atoms with Crippen LogP contribution in [0.5, 0.6) is 0 Å². The van der Waals surface area contributed by atoms with E-state index in [1.165, 1.54) is 0 Å². The van der Waals surface area contributed by atoms with Gasteiger partial charge in [-0.3, -0.25) is 4.79 Å².